The van der Waals surface area contributed by atoms with Gasteiger partial charge in [0.05, 0.1) is 17.1 Å². The Morgan fingerprint density at radius 3 is 2.57 bits per heavy atom. The van der Waals surface area contributed by atoms with E-state index in [-0.39, 0.29) is 11.3 Å². The smallest absolute Gasteiger partial charge is 0.419 e. The van der Waals surface area contributed by atoms with E-state index in [0.29, 0.717) is 52.4 Å². The van der Waals surface area contributed by atoms with Crippen LogP contribution in [0, 0.1) is 25.1 Å². The Bertz CT molecular complexity index is 1360. The number of alkyl halides is 3. The first-order valence-corrected chi connectivity index (χ1v) is 12.4. The summed E-state index contributed by atoms with van der Waals surface area (Å²) in [6, 6.07) is 5.06. The normalized spacial score (nSPS) is 19.9. The predicted octanol–water partition coefficient (Wildman–Crippen LogP) is 6.02. The summed E-state index contributed by atoms with van der Waals surface area (Å²) in [6.45, 7) is 6.90. The molecule has 0 bridgehead atoms. The third-order valence-electron chi connectivity index (χ3n) is 7.62. The number of nitrogens with two attached hydrogens (primary N) is 1. The van der Waals surface area contributed by atoms with E-state index in [1.54, 1.807) is 13.8 Å². The highest BCUT2D eigenvalue weighted by Gasteiger charge is 2.50. The Hall–Kier alpha value is -3.14. The fraction of sp³-hybridized carbons (Fsp3) is 0.481. The number of anilines is 2. The van der Waals surface area contributed by atoms with Crippen molar-refractivity contribution in [3.05, 3.63) is 52.6 Å². The molecule has 1 saturated heterocycles. The summed E-state index contributed by atoms with van der Waals surface area (Å²) in [5, 5.41) is 3.72. The van der Waals surface area contributed by atoms with E-state index < -0.39 is 23.6 Å². The molecule has 2 fully saturated rings. The number of hydrogen-bond donors (Lipinski definition) is 2. The van der Waals surface area contributed by atoms with Crippen LogP contribution in [0.4, 0.5) is 29.1 Å². The van der Waals surface area contributed by atoms with Crippen LogP contribution in [0.2, 0.25) is 0 Å². The quantitative estimate of drug-likeness (QED) is 0.308. The summed E-state index contributed by atoms with van der Waals surface area (Å²) in [5.74, 6) is 0.188. The number of hydrogen-bond acceptors (Lipinski definition) is 6. The Kier molecular flexibility index (Phi) is 6.21. The van der Waals surface area contributed by atoms with Crippen LogP contribution in [0.25, 0.3) is 10.9 Å². The van der Waals surface area contributed by atoms with E-state index in [9.17, 15) is 17.6 Å². The number of nitrogen functional groups attached to an aromatic ring is 1. The maximum Gasteiger partial charge on any atom is 0.419 e. The highest BCUT2D eigenvalue weighted by Crippen LogP contribution is 2.54. The van der Waals surface area contributed by atoms with E-state index in [4.69, 9.17) is 10.5 Å². The number of nitrogens with one attached hydrogen (secondary N) is 1. The highest BCUT2D eigenvalue weighted by molar-refractivity contribution is 5.91. The van der Waals surface area contributed by atoms with Gasteiger partial charge in [-0.25, -0.2) is 14.4 Å². The number of fused-ring (bicyclic) bond motifs is 1. The number of aryl methyl sites for hydroxylation is 2. The van der Waals surface area contributed by atoms with Crippen molar-refractivity contribution in [1.82, 2.24) is 14.9 Å². The second kappa shape index (κ2) is 9.01. The predicted molar refractivity (Wildman–Crippen MR) is 135 cm³/mol. The van der Waals surface area contributed by atoms with Gasteiger partial charge in [0, 0.05) is 29.2 Å². The van der Waals surface area contributed by atoms with Gasteiger partial charge in [0.2, 0.25) is 0 Å². The van der Waals surface area contributed by atoms with E-state index in [1.165, 1.54) is 18.9 Å². The molecular weight excluding hydrogens is 486 g/mol. The molecule has 0 amide bonds. The molecule has 198 valence electrons. The lowest BCUT2D eigenvalue weighted by Gasteiger charge is -2.22. The largest absolute Gasteiger partial charge is 0.492 e. The van der Waals surface area contributed by atoms with Gasteiger partial charge in [0.25, 0.3) is 0 Å². The number of benzene rings is 2. The van der Waals surface area contributed by atoms with Crippen molar-refractivity contribution in [3.63, 3.8) is 0 Å². The first kappa shape index (κ1) is 25.5. The molecule has 2 aromatic carbocycles. The van der Waals surface area contributed by atoms with Gasteiger partial charge in [-0.2, -0.15) is 13.2 Å². The summed E-state index contributed by atoms with van der Waals surface area (Å²) >= 11 is 0. The third kappa shape index (κ3) is 5.03. The minimum absolute atomic E-state index is 0.169. The molecule has 6 nitrogen and oxygen atoms in total. The molecule has 2 heterocycles. The second-order valence-electron chi connectivity index (χ2n) is 10.7. The molecule has 1 aromatic heterocycles. The molecule has 10 heteroatoms. The van der Waals surface area contributed by atoms with Crippen molar-refractivity contribution >= 4 is 22.4 Å². The lowest BCUT2D eigenvalue weighted by Crippen LogP contribution is -2.30. The second-order valence-corrected chi connectivity index (χ2v) is 10.7. The average molecular weight is 518 g/mol. The van der Waals surface area contributed by atoms with Crippen LogP contribution in [-0.4, -0.2) is 41.1 Å². The van der Waals surface area contributed by atoms with Crippen LogP contribution < -0.4 is 15.8 Å². The Labute approximate surface area is 213 Å². The minimum atomic E-state index is -4.86. The zero-order valence-electron chi connectivity index (χ0n) is 21.3. The lowest BCUT2D eigenvalue weighted by atomic mass is 10.0. The van der Waals surface area contributed by atoms with Crippen LogP contribution >= 0.6 is 0 Å². The molecule has 1 saturated carbocycles. The van der Waals surface area contributed by atoms with Gasteiger partial charge in [-0.05, 0) is 82.3 Å². The third-order valence-corrected chi connectivity index (χ3v) is 7.62. The van der Waals surface area contributed by atoms with Crippen molar-refractivity contribution in [2.24, 2.45) is 5.41 Å². The number of aromatic nitrogens is 2. The van der Waals surface area contributed by atoms with Crippen LogP contribution in [-0.2, 0) is 6.18 Å². The van der Waals surface area contributed by atoms with E-state index in [2.05, 4.69) is 27.2 Å². The standard InChI is InChI=1S/C27H31F4N5O/c1-14-7-22-20(10-23(14)37-12-18-11-26(5-6-26)13-36(18)4)25(35-16(3)34-22)33-15(2)19-8-17(32)9-21(24(19)28)27(29,30)31/h7-10,15,18H,5-6,11-13,32H2,1-4H3,(H,33,34,35)/t15-,18+/m1/s1. The molecule has 2 atom stereocenters. The molecule has 37 heavy (non-hydrogen) atoms. The van der Waals surface area contributed by atoms with Crippen LogP contribution in [0.3, 0.4) is 0 Å². The summed E-state index contributed by atoms with van der Waals surface area (Å²) in [7, 11) is 2.13. The first-order chi connectivity index (χ1) is 17.3. The monoisotopic (exact) mass is 517 g/mol. The summed E-state index contributed by atoms with van der Waals surface area (Å²) in [5.41, 5.74) is 5.98. The van der Waals surface area contributed by atoms with Crippen molar-refractivity contribution in [2.45, 2.75) is 58.3 Å². The molecule has 2 aliphatic rings. The Balaban J connectivity index is 1.44. The fourth-order valence-corrected chi connectivity index (χ4v) is 5.41. The molecule has 1 aliphatic heterocycles. The van der Waals surface area contributed by atoms with Crippen molar-refractivity contribution in [2.75, 3.05) is 31.2 Å². The molecule has 3 aromatic rings. The van der Waals surface area contributed by atoms with Gasteiger partial charge in [-0.15, -0.1) is 0 Å². The summed E-state index contributed by atoms with van der Waals surface area (Å²) < 4.78 is 61.2. The van der Waals surface area contributed by atoms with Crippen molar-refractivity contribution < 1.29 is 22.3 Å². The number of nitrogens with zero attached hydrogens (tertiary/aromatic N) is 3. The van der Waals surface area contributed by atoms with Gasteiger partial charge in [-0.1, -0.05) is 0 Å². The maximum atomic E-state index is 14.9. The van der Waals surface area contributed by atoms with Gasteiger partial charge < -0.3 is 15.8 Å². The molecular formula is C27H31F4N5O. The molecule has 1 spiro atoms. The fourth-order valence-electron chi connectivity index (χ4n) is 5.41. The Morgan fingerprint density at radius 1 is 1.19 bits per heavy atom. The first-order valence-electron chi connectivity index (χ1n) is 12.4. The number of likely N-dealkylation sites (N-methyl/N-ethyl adjacent to an activating group) is 1. The van der Waals surface area contributed by atoms with E-state index >= 15 is 0 Å². The molecule has 0 unspecified atom stereocenters. The zero-order valence-corrected chi connectivity index (χ0v) is 21.3. The summed E-state index contributed by atoms with van der Waals surface area (Å²) in [6.07, 6.45) is -1.16. The van der Waals surface area contributed by atoms with Crippen LogP contribution in [0.1, 0.15) is 54.7 Å². The van der Waals surface area contributed by atoms with E-state index in [0.717, 1.165) is 18.5 Å². The Morgan fingerprint density at radius 2 is 1.92 bits per heavy atom. The van der Waals surface area contributed by atoms with Gasteiger partial charge in [0.1, 0.15) is 29.8 Å². The zero-order chi connectivity index (χ0) is 26.7. The number of rotatable bonds is 6. The number of halogens is 4. The lowest BCUT2D eigenvalue weighted by molar-refractivity contribution is -0.140. The molecule has 3 N–H and O–H groups in total. The average Bonchev–Trinajstić information content (AvgIpc) is 3.47. The van der Waals surface area contributed by atoms with Gasteiger partial charge >= 0.3 is 6.18 Å². The van der Waals surface area contributed by atoms with Crippen LogP contribution in [0.5, 0.6) is 5.75 Å². The van der Waals surface area contributed by atoms with Crippen molar-refractivity contribution in [3.8, 4) is 5.75 Å². The van der Waals surface area contributed by atoms with E-state index in [1.807, 2.05) is 19.1 Å². The SMILES string of the molecule is Cc1nc(N[C@H](C)c2cc(N)cc(C(F)(F)F)c2F)c2cc(OC[C@@H]3CC4(CC4)CN3C)c(C)cc2n1. The van der Waals surface area contributed by atoms with Crippen molar-refractivity contribution in [1.29, 1.82) is 0 Å². The maximum absolute atomic E-state index is 14.9. The van der Waals surface area contributed by atoms with Crippen LogP contribution in [0.15, 0.2) is 24.3 Å². The summed E-state index contributed by atoms with van der Waals surface area (Å²) in [4.78, 5) is 11.4. The highest BCUT2D eigenvalue weighted by atomic mass is 19.4. The molecule has 1 aliphatic carbocycles. The topological polar surface area (TPSA) is 76.3 Å². The number of ether oxygens (including phenoxy) is 1. The molecule has 0 radical (unpaired) electrons. The number of likely N-dealkylation sites (tertiary alicyclic amines) is 1. The minimum Gasteiger partial charge on any atom is -0.492 e. The van der Waals surface area contributed by atoms with Gasteiger partial charge in [-0.3, -0.25) is 4.90 Å². The molecule has 5 rings (SSSR count). The van der Waals surface area contributed by atoms with Gasteiger partial charge in [0.15, 0.2) is 0 Å².